The highest BCUT2D eigenvalue weighted by Crippen LogP contribution is 2.41. The zero-order valence-corrected chi connectivity index (χ0v) is 17.3. The van der Waals surface area contributed by atoms with E-state index in [1.54, 1.807) is 31.4 Å². The fourth-order valence-electron chi connectivity index (χ4n) is 3.89. The third kappa shape index (κ3) is 3.31. The number of imide groups is 1. The average molecular weight is 408 g/mol. The van der Waals surface area contributed by atoms with Crippen molar-refractivity contribution in [2.45, 2.75) is 6.92 Å². The van der Waals surface area contributed by atoms with Gasteiger partial charge in [-0.3, -0.25) is 9.59 Å². The summed E-state index contributed by atoms with van der Waals surface area (Å²) in [6.45, 7) is 3.97. The zero-order chi connectivity index (χ0) is 21.3. The van der Waals surface area contributed by atoms with Crippen molar-refractivity contribution in [2.24, 2.45) is 0 Å². The molecule has 4 rings (SSSR count). The number of aryl methyl sites for hydroxylation is 1. The molecule has 7 nitrogen and oxygen atoms in total. The van der Waals surface area contributed by atoms with Crippen LogP contribution in [0.1, 0.15) is 11.1 Å². The maximum Gasteiger partial charge on any atom is 0.282 e. The Labute approximate surface area is 175 Å². The van der Waals surface area contributed by atoms with E-state index in [1.165, 1.54) is 12.0 Å². The van der Waals surface area contributed by atoms with Crippen LogP contribution < -0.4 is 14.4 Å². The Morgan fingerprint density at radius 1 is 0.900 bits per heavy atom. The molecule has 0 radical (unpaired) electrons. The predicted octanol–water partition coefficient (Wildman–Crippen LogP) is 2.63. The van der Waals surface area contributed by atoms with Gasteiger partial charge in [-0.15, -0.1) is 0 Å². The van der Waals surface area contributed by atoms with Crippen molar-refractivity contribution in [2.75, 3.05) is 45.4 Å². The van der Waals surface area contributed by atoms with E-state index in [2.05, 4.69) is 0 Å². The van der Waals surface area contributed by atoms with Crippen LogP contribution in [0.25, 0.3) is 5.57 Å². The maximum atomic E-state index is 13.7. The van der Waals surface area contributed by atoms with Crippen LogP contribution in [-0.2, 0) is 14.3 Å². The number of carbonyl (C=O) groups is 2. The van der Waals surface area contributed by atoms with E-state index in [0.717, 1.165) is 5.56 Å². The highest BCUT2D eigenvalue weighted by molar-refractivity contribution is 6.46. The molecule has 2 aliphatic rings. The number of morpholine rings is 1. The van der Waals surface area contributed by atoms with E-state index in [9.17, 15) is 9.59 Å². The number of ether oxygens (including phenoxy) is 3. The smallest absolute Gasteiger partial charge is 0.282 e. The van der Waals surface area contributed by atoms with Gasteiger partial charge in [0, 0.05) is 18.7 Å². The largest absolute Gasteiger partial charge is 0.496 e. The lowest BCUT2D eigenvalue weighted by Gasteiger charge is -2.30. The van der Waals surface area contributed by atoms with Crippen LogP contribution in [0.3, 0.4) is 0 Å². The highest BCUT2D eigenvalue weighted by atomic mass is 16.5. The van der Waals surface area contributed by atoms with Crippen molar-refractivity contribution in [3.05, 3.63) is 59.3 Å². The standard InChI is InChI=1S/C23H24N2O5/c1-15-8-9-19(29-3)17(14-15)25-22(26)20(16-6-4-5-7-18(16)28-2)21(23(25)27)24-10-12-30-13-11-24/h4-9,14H,10-13H2,1-3H3. The molecule has 1 fully saturated rings. The molecule has 156 valence electrons. The first-order chi connectivity index (χ1) is 14.6. The highest BCUT2D eigenvalue weighted by Gasteiger charge is 2.44. The Bertz CT molecular complexity index is 1020. The van der Waals surface area contributed by atoms with Crippen LogP contribution >= 0.6 is 0 Å². The second kappa shape index (κ2) is 8.20. The quantitative estimate of drug-likeness (QED) is 0.709. The molecule has 2 amide bonds. The molecule has 0 aliphatic carbocycles. The third-order valence-corrected chi connectivity index (χ3v) is 5.34. The Kier molecular flexibility index (Phi) is 5.46. The molecule has 0 unspecified atom stereocenters. The molecule has 2 aromatic carbocycles. The number of amides is 2. The maximum absolute atomic E-state index is 13.7. The minimum atomic E-state index is -0.394. The summed E-state index contributed by atoms with van der Waals surface area (Å²) in [6.07, 6.45) is 0. The Balaban J connectivity index is 1.90. The summed E-state index contributed by atoms with van der Waals surface area (Å²) in [5.41, 5.74) is 2.65. The van der Waals surface area contributed by atoms with Crippen LogP contribution in [-0.4, -0.2) is 57.2 Å². The van der Waals surface area contributed by atoms with Gasteiger partial charge in [0.05, 0.1) is 38.7 Å². The average Bonchev–Trinajstić information content (AvgIpc) is 3.04. The number of anilines is 1. The summed E-state index contributed by atoms with van der Waals surface area (Å²) in [4.78, 5) is 30.5. The molecule has 0 N–H and O–H groups in total. The SMILES string of the molecule is COc1ccccc1C1=C(N2CCOCC2)C(=O)N(c2cc(C)ccc2OC)C1=O. The molecule has 7 heteroatoms. The van der Waals surface area contributed by atoms with Gasteiger partial charge in [-0.2, -0.15) is 0 Å². The van der Waals surface area contributed by atoms with Crippen LogP contribution in [0.4, 0.5) is 5.69 Å². The Morgan fingerprint density at radius 3 is 2.30 bits per heavy atom. The lowest BCUT2D eigenvalue weighted by atomic mass is 10.0. The monoisotopic (exact) mass is 408 g/mol. The second-order valence-electron chi connectivity index (χ2n) is 7.14. The molecule has 0 saturated carbocycles. The van der Waals surface area contributed by atoms with Gasteiger partial charge in [-0.1, -0.05) is 24.3 Å². The number of carbonyl (C=O) groups excluding carboxylic acids is 2. The fraction of sp³-hybridized carbons (Fsp3) is 0.304. The van der Waals surface area contributed by atoms with Gasteiger partial charge in [0.2, 0.25) is 0 Å². The molecular weight excluding hydrogens is 384 g/mol. The van der Waals surface area contributed by atoms with Gasteiger partial charge in [0.25, 0.3) is 11.8 Å². The van der Waals surface area contributed by atoms with Crippen molar-refractivity contribution in [1.29, 1.82) is 0 Å². The van der Waals surface area contributed by atoms with Gasteiger partial charge >= 0.3 is 0 Å². The minimum absolute atomic E-state index is 0.336. The molecular formula is C23H24N2O5. The third-order valence-electron chi connectivity index (χ3n) is 5.34. The molecule has 30 heavy (non-hydrogen) atoms. The van der Waals surface area contributed by atoms with E-state index in [0.29, 0.717) is 60.3 Å². The normalized spacial score (nSPS) is 17.0. The van der Waals surface area contributed by atoms with Crippen LogP contribution in [0, 0.1) is 6.92 Å². The van der Waals surface area contributed by atoms with Gasteiger partial charge in [0.1, 0.15) is 17.2 Å². The summed E-state index contributed by atoms with van der Waals surface area (Å²) < 4.78 is 16.4. The molecule has 1 saturated heterocycles. The van der Waals surface area contributed by atoms with Crippen molar-refractivity contribution in [1.82, 2.24) is 4.90 Å². The van der Waals surface area contributed by atoms with Gasteiger partial charge in [0.15, 0.2) is 0 Å². The van der Waals surface area contributed by atoms with Crippen molar-refractivity contribution >= 4 is 23.1 Å². The summed E-state index contributed by atoms with van der Waals surface area (Å²) in [5.74, 6) is 0.240. The fourth-order valence-corrected chi connectivity index (χ4v) is 3.89. The zero-order valence-electron chi connectivity index (χ0n) is 17.3. The van der Waals surface area contributed by atoms with E-state index in [1.807, 2.05) is 30.0 Å². The van der Waals surface area contributed by atoms with E-state index < -0.39 is 5.91 Å². The molecule has 0 bridgehead atoms. The molecule has 2 aliphatic heterocycles. The van der Waals surface area contributed by atoms with Crippen molar-refractivity contribution in [3.8, 4) is 11.5 Å². The van der Waals surface area contributed by atoms with Crippen LogP contribution in [0.15, 0.2) is 48.2 Å². The van der Waals surface area contributed by atoms with E-state index >= 15 is 0 Å². The van der Waals surface area contributed by atoms with Gasteiger partial charge in [-0.25, -0.2) is 4.90 Å². The Hall–Kier alpha value is -3.32. The molecule has 0 spiro atoms. The summed E-state index contributed by atoms with van der Waals surface area (Å²) in [5, 5.41) is 0. The first-order valence-electron chi connectivity index (χ1n) is 9.80. The molecule has 0 aromatic heterocycles. The predicted molar refractivity (Wildman–Crippen MR) is 113 cm³/mol. The lowest BCUT2D eigenvalue weighted by molar-refractivity contribution is -0.121. The number of benzene rings is 2. The van der Waals surface area contributed by atoms with Crippen molar-refractivity contribution in [3.63, 3.8) is 0 Å². The summed E-state index contributed by atoms with van der Waals surface area (Å²) in [6, 6.07) is 12.7. The topological polar surface area (TPSA) is 68.3 Å². The lowest BCUT2D eigenvalue weighted by Crippen LogP contribution is -2.40. The molecule has 2 heterocycles. The van der Waals surface area contributed by atoms with Gasteiger partial charge < -0.3 is 19.1 Å². The van der Waals surface area contributed by atoms with E-state index in [-0.39, 0.29) is 5.91 Å². The van der Waals surface area contributed by atoms with Gasteiger partial charge in [-0.05, 0) is 30.7 Å². The summed E-state index contributed by atoms with van der Waals surface area (Å²) in [7, 11) is 3.08. The van der Waals surface area contributed by atoms with Crippen molar-refractivity contribution < 1.29 is 23.8 Å². The number of hydrogen-bond donors (Lipinski definition) is 0. The van der Waals surface area contributed by atoms with E-state index in [4.69, 9.17) is 14.2 Å². The first-order valence-corrected chi connectivity index (χ1v) is 9.80. The number of nitrogens with zero attached hydrogens (tertiary/aromatic N) is 2. The number of methoxy groups -OCH3 is 2. The number of hydrogen-bond acceptors (Lipinski definition) is 6. The summed E-state index contributed by atoms with van der Waals surface area (Å²) >= 11 is 0. The molecule has 2 aromatic rings. The number of para-hydroxylation sites is 1. The minimum Gasteiger partial charge on any atom is -0.496 e. The Morgan fingerprint density at radius 2 is 1.60 bits per heavy atom. The first kappa shape index (κ1) is 20.0. The second-order valence-corrected chi connectivity index (χ2v) is 7.14. The van der Waals surface area contributed by atoms with Crippen LogP contribution in [0.5, 0.6) is 11.5 Å². The van der Waals surface area contributed by atoms with Crippen LogP contribution in [0.2, 0.25) is 0 Å². The number of rotatable bonds is 5. The molecule has 0 atom stereocenters.